The summed E-state index contributed by atoms with van der Waals surface area (Å²) in [5.74, 6) is 0.0282. The Balaban J connectivity index is 1.50. The molecule has 1 fully saturated rings. The number of rotatable bonds is 6. The smallest absolute Gasteiger partial charge is 0.226 e. The van der Waals surface area contributed by atoms with E-state index in [9.17, 15) is 4.79 Å². The first-order valence-corrected chi connectivity index (χ1v) is 8.44. The van der Waals surface area contributed by atoms with Crippen molar-refractivity contribution in [1.29, 1.82) is 0 Å². The van der Waals surface area contributed by atoms with Crippen LogP contribution in [0.1, 0.15) is 12.0 Å². The number of hydrogen-bond acceptors (Lipinski definition) is 4. The van der Waals surface area contributed by atoms with E-state index in [1.165, 1.54) is 5.56 Å². The number of imidazole rings is 1. The third-order valence-electron chi connectivity index (χ3n) is 4.37. The lowest BCUT2D eigenvalue weighted by Crippen LogP contribution is -2.43. The molecule has 128 valence electrons. The van der Waals surface area contributed by atoms with Crippen LogP contribution in [0, 0.1) is 0 Å². The first-order chi connectivity index (χ1) is 11.7. The summed E-state index contributed by atoms with van der Waals surface area (Å²) in [6.45, 7) is 6.00. The summed E-state index contributed by atoms with van der Waals surface area (Å²) >= 11 is 0. The SMILES string of the molecule is CN1CCN(Cc2cccc(NC(=O)CCn3ccnc3)c2)CC1. The van der Waals surface area contributed by atoms with Crippen LogP contribution >= 0.6 is 0 Å². The molecule has 1 aliphatic heterocycles. The van der Waals surface area contributed by atoms with Crippen LogP contribution < -0.4 is 5.32 Å². The minimum absolute atomic E-state index is 0.0282. The number of aromatic nitrogens is 2. The van der Waals surface area contributed by atoms with Crippen molar-refractivity contribution in [3.05, 3.63) is 48.5 Å². The maximum atomic E-state index is 12.1. The van der Waals surface area contributed by atoms with Crippen LogP contribution in [-0.2, 0) is 17.9 Å². The number of nitrogens with zero attached hydrogens (tertiary/aromatic N) is 4. The molecule has 1 N–H and O–H groups in total. The fraction of sp³-hybridized carbons (Fsp3) is 0.444. The highest BCUT2D eigenvalue weighted by atomic mass is 16.1. The molecule has 0 bridgehead atoms. The molecule has 1 aromatic carbocycles. The number of piperazine rings is 1. The van der Waals surface area contributed by atoms with Gasteiger partial charge in [0.15, 0.2) is 0 Å². The molecule has 1 aromatic heterocycles. The molecule has 1 saturated heterocycles. The quantitative estimate of drug-likeness (QED) is 0.877. The van der Waals surface area contributed by atoms with Crippen LogP contribution in [0.5, 0.6) is 0 Å². The monoisotopic (exact) mass is 327 g/mol. The third-order valence-corrected chi connectivity index (χ3v) is 4.37. The first kappa shape index (κ1) is 16.7. The second kappa shape index (κ2) is 8.08. The van der Waals surface area contributed by atoms with Crippen LogP contribution in [0.15, 0.2) is 43.0 Å². The topological polar surface area (TPSA) is 53.4 Å². The lowest BCUT2D eigenvalue weighted by atomic mass is 10.1. The van der Waals surface area contributed by atoms with Crippen molar-refractivity contribution < 1.29 is 4.79 Å². The van der Waals surface area contributed by atoms with E-state index in [2.05, 4.69) is 39.3 Å². The number of benzene rings is 1. The highest BCUT2D eigenvalue weighted by Crippen LogP contribution is 2.14. The van der Waals surface area contributed by atoms with Crippen molar-refractivity contribution in [1.82, 2.24) is 19.4 Å². The fourth-order valence-electron chi connectivity index (χ4n) is 2.88. The Kier molecular flexibility index (Phi) is 5.61. The summed E-state index contributed by atoms with van der Waals surface area (Å²) in [6.07, 6.45) is 5.76. The fourth-order valence-corrected chi connectivity index (χ4v) is 2.88. The summed E-state index contributed by atoms with van der Waals surface area (Å²) < 4.78 is 1.91. The number of nitrogens with one attached hydrogen (secondary N) is 1. The first-order valence-electron chi connectivity index (χ1n) is 8.44. The molecule has 6 heteroatoms. The van der Waals surface area contributed by atoms with E-state index < -0.39 is 0 Å². The minimum Gasteiger partial charge on any atom is -0.337 e. The van der Waals surface area contributed by atoms with Gasteiger partial charge in [-0.05, 0) is 24.7 Å². The molecule has 3 rings (SSSR count). The number of hydrogen-bond donors (Lipinski definition) is 1. The van der Waals surface area contributed by atoms with Gasteiger partial charge in [-0.3, -0.25) is 9.69 Å². The molecule has 0 spiro atoms. The van der Waals surface area contributed by atoms with Crippen molar-refractivity contribution in [3.63, 3.8) is 0 Å². The lowest BCUT2D eigenvalue weighted by molar-refractivity contribution is -0.116. The van der Waals surface area contributed by atoms with E-state index in [0.717, 1.165) is 38.4 Å². The van der Waals surface area contributed by atoms with E-state index in [-0.39, 0.29) is 5.91 Å². The Labute approximate surface area is 143 Å². The standard InChI is InChI=1S/C18H25N5O/c1-21-9-11-22(12-10-21)14-16-3-2-4-17(13-16)20-18(24)5-7-23-8-6-19-15-23/h2-4,6,8,13,15H,5,7,9-12,14H2,1H3,(H,20,24). The third kappa shape index (κ3) is 4.91. The van der Waals surface area contributed by atoms with Crippen LogP contribution in [-0.4, -0.2) is 58.5 Å². The Bertz CT molecular complexity index is 647. The molecule has 0 unspecified atom stereocenters. The number of aryl methyl sites for hydroxylation is 1. The van der Waals surface area contributed by atoms with Gasteiger partial charge in [0, 0.05) is 63.8 Å². The molecule has 0 atom stereocenters. The van der Waals surface area contributed by atoms with Crippen LogP contribution in [0.3, 0.4) is 0 Å². The zero-order valence-corrected chi connectivity index (χ0v) is 14.2. The number of amides is 1. The molecule has 2 heterocycles. The van der Waals surface area contributed by atoms with Crippen LogP contribution in [0.25, 0.3) is 0 Å². The van der Waals surface area contributed by atoms with Crippen molar-refractivity contribution in [2.75, 3.05) is 38.5 Å². The molecule has 2 aromatic rings. The number of anilines is 1. The van der Waals surface area contributed by atoms with Crippen molar-refractivity contribution in [2.45, 2.75) is 19.5 Å². The highest BCUT2D eigenvalue weighted by molar-refractivity contribution is 5.90. The van der Waals surface area contributed by atoms with Crippen molar-refractivity contribution in [2.24, 2.45) is 0 Å². The summed E-state index contributed by atoms with van der Waals surface area (Å²) in [5, 5.41) is 2.99. The second-order valence-corrected chi connectivity index (χ2v) is 6.38. The van der Waals surface area contributed by atoms with Gasteiger partial charge in [0.05, 0.1) is 6.33 Å². The highest BCUT2D eigenvalue weighted by Gasteiger charge is 2.14. The predicted molar refractivity (Wildman–Crippen MR) is 94.7 cm³/mol. The Hall–Kier alpha value is -2.18. The molecule has 24 heavy (non-hydrogen) atoms. The maximum Gasteiger partial charge on any atom is 0.226 e. The summed E-state index contributed by atoms with van der Waals surface area (Å²) in [4.78, 5) is 20.9. The van der Waals surface area contributed by atoms with Crippen molar-refractivity contribution in [3.8, 4) is 0 Å². The number of likely N-dealkylation sites (N-methyl/N-ethyl adjacent to an activating group) is 1. The summed E-state index contributed by atoms with van der Waals surface area (Å²) in [5.41, 5.74) is 2.12. The van der Waals surface area contributed by atoms with E-state index in [1.54, 1.807) is 12.5 Å². The van der Waals surface area contributed by atoms with E-state index in [0.29, 0.717) is 13.0 Å². The summed E-state index contributed by atoms with van der Waals surface area (Å²) in [6, 6.07) is 8.16. The van der Waals surface area contributed by atoms with E-state index in [1.807, 2.05) is 22.9 Å². The van der Waals surface area contributed by atoms with Gasteiger partial charge in [0.25, 0.3) is 0 Å². The zero-order chi connectivity index (χ0) is 16.8. The van der Waals surface area contributed by atoms with Gasteiger partial charge >= 0.3 is 0 Å². The Morgan fingerprint density at radius 1 is 1.25 bits per heavy atom. The van der Waals surface area contributed by atoms with Gasteiger partial charge in [0.1, 0.15) is 0 Å². The Morgan fingerprint density at radius 2 is 2.08 bits per heavy atom. The average molecular weight is 327 g/mol. The second-order valence-electron chi connectivity index (χ2n) is 6.38. The van der Waals surface area contributed by atoms with Gasteiger partial charge in [-0.15, -0.1) is 0 Å². The van der Waals surface area contributed by atoms with Gasteiger partial charge < -0.3 is 14.8 Å². The van der Waals surface area contributed by atoms with Crippen molar-refractivity contribution >= 4 is 11.6 Å². The molecular formula is C18H25N5O. The summed E-state index contributed by atoms with van der Waals surface area (Å²) in [7, 11) is 2.16. The molecule has 0 aliphatic carbocycles. The van der Waals surface area contributed by atoms with Gasteiger partial charge in [0.2, 0.25) is 5.91 Å². The predicted octanol–water partition coefficient (Wildman–Crippen LogP) is 1.66. The molecule has 0 saturated carbocycles. The normalized spacial score (nSPS) is 16.2. The van der Waals surface area contributed by atoms with Gasteiger partial charge in [-0.1, -0.05) is 12.1 Å². The molecule has 0 radical (unpaired) electrons. The average Bonchev–Trinajstić information content (AvgIpc) is 3.09. The maximum absolute atomic E-state index is 12.1. The molecule has 6 nitrogen and oxygen atoms in total. The number of carbonyl (C=O) groups is 1. The van der Waals surface area contributed by atoms with E-state index in [4.69, 9.17) is 0 Å². The van der Waals surface area contributed by atoms with Crippen LogP contribution in [0.4, 0.5) is 5.69 Å². The molecule has 1 amide bonds. The lowest BCUT2D eigenvalue weighted by Gasteiger charge is -2.32. The molecule has 1 aliphatic rings. The Morgan fingerprint density at radius 3 is 2.83 bits per heavy atom. The largest absolute Gasteiger partial charge is 0.337 e. The van der Waals surface area contributed by atoms with E-state index >= 15 is 0 Å². The van der Waals surface area contributed by atoms with Crippen LogP contribution in [0.2, 0.25) is 0 Å². The van der Waals surface area contributed by atoms with Gasteiger partial charge in [-0.2, -0.15) is 0 Å². The van der Waals surface area contributed by atoms with Gasteiger partial charge in [-0.25, -0.2) is 4.98 Å². The minimum atomic E-state index is 0.0282. The zero-order valence-electron chi connectivity index (χ0n) is 14.2. The molecular weight excluding hydrogens is 302 g/mol. The number of carbonyl (C=O) groups excluding carboxylic acids is 1.